The van der Waals surface area contributed by atoms with Gasteiger partial charge in [0, 0.05) is 18.8 Å². The van der Waals surface area contributed by atoms with E-state index in [0.717, 1.165) is 24.5 Å². The lowest BCUT2D eigenvalue weighted by Gasteiger charge is -2.35. The number of amides is 2. The van der Waals surface area contributed by atoms with Crippen molar-refractivity contribution in [3.63, 3.8) is 0 Å². The fourth-order valence-corrected chi connectivity index (χ4v) is 3.05. The zero-order chi connectivity index (χ0) is 20.6. The molecule has 0 saturated carbocycles. The highest BCUT2D eigenvalue weighted by molar-refractivity contribution is 5.95. The van der Waals surface area contributed by atoms with Crippen LogP contribution < -0.4 is 9.64 Å². The van der Waals surface area contributed by atoms with Crippen molar-refractivity contribution in [3.05, 3.63) is 24.3 Å². The molecule has 0 aliphatic carbocycles. The second-order valence-corrected chi connectivity index (χ2v) is 8.20. The van der Waals surface area contributed by atoms with E-state index >= 15 is 0 Å². The molecule has 0 radical (unpaired) electrons. The summed E-state index contributed by atoms with van der Waals surface area (Å²) in [4.78, 5) is 27.7. The zero-order valence-corrected chi connectivity index (χ0v) is 17.7. The summed E-state index contributed by atoms with van der Waals surface area (Å²) in [5.74, 6) is 0.603. The van der Waals surface area contributed by atoms with E-state index in [1.165, 1.54) is 30.6 Å². The van der Waals surface area contributed by atoms with Gasteiger partial charge in [0.2, 0.25) is 0 Å². The maximum absolute atomic E-state index is 12.4. The van der Waals surface area contributed by atoms with Gasteiger partial charge in [-0.2, -0.15) is 0 Å². The molecule has 0 N–H and O–H groups in total. The molecule has 1 aliphatic rings. The summed E-state index contributed by atoms with van der Waals surface area (Å²) in [5.41, 5.74) is 0.341. The van der Waals surface area contributed by atoms with Gasteiger partial charge in [-0.15, -0.1) is 0 Å². The molecule has 0 unspecified atom stereocenters. The quantitative estimate of drug-likeness (QED) is 0.606. The Balaban J connectivity index is 1.80. The predicted octanol–water partition coefficient (Wildman–Crippen LogP) is 4.62. The largest absolute Gasteiger partial charge is 0.494 e. The summed E-state index contributed by atoms with van der Waals surface area (Å²) in [6.07, 6.45) is 5.51. The van der Waals surface area contributed by atoms with Gasteiger partial charge < -0.3 is 14.4 Å². The highest BCUT2D eigenvalue weighted by Crippen LogP contribution is 2.22. The maximum atomic E-state index is 12.4. The molecule has 1 fully saturated rings. The van der Waals surface area contributed by atoms with Crippen LogP contribution in [0.15, 0.2) is 24.3 Å². The Labute approximate surface area is 168 Å². The first-order chi connectivity index (χ1) is 13.3. The molecular formula is C22H34N2O4. The van der Waals surface area contributed by atoms with Crippen molar-refractivity contribution in [2.45, 2.75) is 65.4 Å². The second kappa shape index (κ2) is 10.3. The van der Waals surface area contributed by atoms with Crippen LogP contribution in [0.25, 0.3) is 0 Å². The van der Waals surface area contributed by atoms with E-state index in [1.54, 1.807) is 20.8 Å². The number of nitrogens with zero attached hydrogens (tertiary/aromatic N) is 2. The molecule has 2 rings (SSSR count). The molecule has 0 spiro atoms. The minimum Gasteiger partial charge on any atom is -0.494 e. The first-order valence-corrected chi connectivity index (χ1v) is 10.3. The molecule has 2 amide bonds. The van der Waals surface area contributed by atoms with Gasteiger partial charge in [-0.25, -0.2) is 9.69 Å². The molecule has 1 aromatic carbocycles. The van der Waals surface area contributed by atoms with Crippen LogP contribution in [0.4, 0.5) is 10.5 Å². The fraction of sp³-hybridized carbons (Fsp3) is 0.636. The number of unbranched alkanes of at least 4 members (excludes halogenated alkanes) is 4. The molecule has 6 heteroatoms. The monoisotopic (exact) mass is 390 g/mol. The number of rotatable bonds is 8. The van der Waals surface area contributed by atoms with Gasteiger partial charge in [0.05, 0.1) is 13.2 Å². The van der Waals surface area contributed by atoms with Crippen molar-refractivity contribution >= 4 is 17.7 Å². The van der Waals surface area contributed by atoms with Gasteiger partial charge in [-0.3, -0.25) is 4.79 Å². The third kappa shape index (κ3) is 7.06. The van der Waals surface area contributed by atoms with E-state index in [9.17, 15) is 9.59 Å². The van der Waals surface area contributed by atoms with Gasteiger partial charge in [0.1, 0.15) is 11.4 Å². The number of ether oxygens (including phenoxy) is 2. The number of hydrogen-bond donors (Lipinski definition) is 0. The average Bonchev–Trinajstić information content (AvgIpc) is 2.63. The first-order valence-electron chi connectivity index (χ1n) is 10.3. The Morgan fingerprint density at radius 2 is 1.71 bits per heavy atom. The number of carbonyl (C=O) groups excluding carboxylic acids is 2. The normalized spacial score (nSPS) is 14.9. The standard InChI is InChI=1S/C22H34N2O4/c1-5-6-7-8-9-16-27-19-12-10-18(11-13-19)23-14-15-24(20(25)17-23)21(26)28-22(2,3)4/h10-13H,5-9,14-17H2,1-4H3. The molecule has 1 saturated heterocycles. The molecular weight excluding hydrogens is 356 g/mol. The fourth-order valence-electron chi connectivity index (χ4n) is 3.05. The summed E-state index contributed by atoms with van der Waals surface area (Å²) < 4.78 is 11.1. The molecule has 0 bridgehead atoms. The van der Waals surface area contributed by atoms with Gasteiger partial charge >= 0.3 is 6.09 Å². The van der Waals surface area contributed by atoms with Crippen LogP contribution in [0.3, 0.4) is 0 Å². The van der Waals surface area contributed by atoms with Gasteiger partial charge in [0.15, 0.2) is 0 Å². The van der Waals surface area contributed by atoms with Crippen molar-refractivity contribution in [2.24, 2.45) is 0 Å². The lowest BCUT2D eigenvalue weighted by Crippen LogP contribution is -2.53. The number of piperazine rings is 1. The van der Waals surface area contributed by atoms with Gasteiger partial charge in [-0.05, 0) is 51.5 Å². The summed E-state index contributed by atoms with van der Waals surface area (Å²) in [6, 6.07) is 7.80. The average molecular weight is 391 g/mol. The van der Waals surface area contributed by atoms with E-state index in [4.69, 9.17) is 9.47 Å². The van der Waals surface area contributed by atoms with E-state index in [0.29, 0.717) is 13.1 Å². The molecule has 156 valence electrons. The minimum atomic E-state index is -0.611. The lowest BCUT2D eigenvalue weighted by atomic mass is 10.2. The van der Waals surface area contributed by atoms with Crippen LogP contribution in [-0.4, -0.2) is 48.7 Å². The summed E-state index contributed by atoms with van der Waals surface area (Å²) in [5, 5.41) is 0. The third-order valence-corrected chi connectivity index (χ3v) is 4.55. The molecule has 0 aromatic heterocycles. The number of carbonyl (C=O) groups is 2. The van der Waals surface area contributed by atoms with Crippen LogP contribution >= 0.6 is 0 Å². The van der Waals surface area contributed by atoms with Crippen molar-refractivity contribution in [1.29, 1.82) is 0 Å². The van der Waals surface area contributed by atoms with Gasteiger partial charge in [0.25, 0.3) is 5.91 Å². The molecule has 1 aromatic rings. The third-order valence-electron chi connectivity index (χ3n) is 4.55. The Bertz CT molecular complexity index is 637. The molecule has 28 heavy (non-hydrogen) atoms. The Morgan fingerprint density at radius 3 is 2.32 bits per heavy atom. The van der Waals surface area contributed by atoms with E-state index in [-0.39, 0.29) is 12.5 Å². The Morgan fingerprint density at radius 1 is 1.04 bits per heavy atom. The predicted molar refractivity (Wildman–Crippen MR) is 111 cm³/mol. The van der Waals surface area contributed by atoms with Crippen LogP contribution in [0.1, 0.15) is 59.8 Å². The topological polar surface area (TPSA) is 59.1 Å². The Hall–Kier alpha value is -2.24. The number of hydrogen-bond acceptors (Lipinski definition) is 5. The second-order valence-electron chi connectivity index (χ2n) is 8.20. The van der Waals surface area contributed by atoms with Crippen molar-refractivity contribution in [2.75, 3.05) is 31.1 Å². The number of benzene rings is 1. The highest BCUT2D eigenvalue weighted by atomic mass is 16.6. The van der Waals surface area contributed by atoms with Crippen LogP contribution in [0.2, 0.25) is 0 Å². The first kappa shape index (κ1) is 22.1. The van der Waals surface area contributed by atoms with Gasteiger partial charge in [-0.1, -0.05) is 32.6 Å². The van der Waals surface area contributed by atoms with Crippen LogP contribution in [0, 0.1) is 0 Å². The van der Waals surface area contributed by atoms with E-state index in [1.807, 2.05) is 29.2 Å². The highest BCUT2D eigenvalue weighted by Gasteiger charge is 2.32. The summed E-state index contributed by atoms with van der Waals surface area (Å²) in [7, 11) is 0. The smallest absolute Gasteiger partial charge is 0.417 e. The zero-order valence-electron chi connectivity index (χ0n) is 17.7. The van der Waals surface area contributed by atoms with E-state index < -0.39 is 11.7 Å². The molecule has 0 atom stereocenters. The number of anilines is 1. The van der Waals surface area contributed by atoms with E-state index in [2.05, 4.69) is 6.92 Å². The summed E-state index contributed by atoms with van der Waals surface area (Å²) >= 11 is 0. The maximum Gasteiger partial charge on any atom is 0.417 e. The van der Waals surface area contributed by atoms with Crippen molar-refractivity contribution < 1.29 is 19.1 Å². The number of imide groups is 1. The van der Waals surface area contributed by atoms with Crippen molar-refractivity contribution in [1.82, 2.24) is 4.90 Å². The summed E-state index contributed by atoms with van der Waals surface area (Å²) in [6.45, 7) is 9.39. The van der Waals surface area contributed by atoms with Crippen LogP contribution in [-0.2, 0) is 9.53 Å². The Kier molecular flexibility index (Phi) is 8.15. The molecule has 6 nitrogen and oxygen atoms in total. The molecule has 1 heterocycles. The minimum absolute atomic E-state index is 0.164. The molecule has 1 aliphatic heterocycles. The van der Waals surface area contributed by atoms with Crippen LogP contribution in [0.5, 0.6) is 5.75 Å². The SMILES string of the molecule is CCCCCCCOc1ccc(N2CCN(C(=O)OC(C)(C)C)C(=O)C2)cc1. The van der Waals surface area contributed by atoms with Crippen molar-refractivity contribution in [3.8, 4) is 5.75 Å². The lowest BCUT2D eigenvalue weighted by molar-refractivity contribution is -0.130.